The maximum Gasteiger partial charge on any atom is 0.138 e. The molecule has 0 saturated heterocycles. The van der Waals surface area contributed by atoms with E-state index in [4.69, 9.17) is 5.73 Å². The number of nitrogens with one attached hydrogen (secondary N) is 1. The third-order valence-corrected chi connectivity index (χ3v) is 5.49. The first kappa shape index (κ1) is 16.8. The van der Waals surface area contributed by atoms with Gasteiger partial charge in [-0.25, -0.2) is 9.37 Å². The van der Waals surface area contributed by atoms with E-state index in [0.717, 1.165) is 37.9 Å². The number of benzene rings is 1. The number of nitrogens with two attached hydrogens (primary N) is 1. The van der Waals surface area contributed by atoms with Gasteiger partial charge in [-0.15, -0.1) is 0 Å². The lowest BCUT2D eigenvalue weighted by Gasteiger charge is -2.10. The number of anilines is 1. The van der Waals surface area contributed by atoms with Crippen LogP contribution in [-0.4, -0.2) is 19.7 Å². The molecular weight excluding hydrogens is 397 g/mol. The number of hydrogen-bond acceptors (Lipinski definition) is 3. The molecular formula is C19H17BrFN5. The first-order chi connectivity index (χ1) is 12.4. The molecule has 1 aromatic carbocycles. The highest BCUT2D eigenvalue weighted by Gasteiger charge is 2.21. The zero-order chi connectivity index (χ0) is 18.6. The summed E-state index contributed by atoms with van der Waals surface area (Å²) in [6.45, 7) is 3.68. The van der Waals surface area contributed by atoms with Crippen molar-refractivity contribution in [3.63, 3.8) is 0 Å². The van der Waals surface area contributed by atoms with E-state index in [1.165, 1.54) is 6.07 Å². The number of hydrogen-bond donors (Lipinski definition) is 2. The molecule has 0 saturated carbocycles. The topological polar surface area (TPSA) is 72.5 Å². The van der Waals surface area contributed by atoms with Gasteiger partial charge in [0.25, 0.3) is 0 Å². The van der Waals surface area contributed by atoms with Gasteiger partial charge in [-0.05, 0) is 53.0 Å². The lowest BCUT2D eigenvalue weighted by atomic mass is 9.96. The SMILES string of the molecule is Cc1c(N)cc(-c2c(-c3cnn(C)c3)[nH]c3ncc(Br)c(C)c23)cc1F. The summed E-state index contributed by atoms with van der Waals surface area (Å²) in [7, 11) is 1.86. The number of pyridine rings is 1. The minimum Gasteiger partial charge on any atom is -0.398 e. The molecule has 0 amide bonds. The second kappa shape index (κ2) is 5.95. The smallest absolute Gasteiger partial charge is 0.138 e. The van der Waals surface area contributed by atoms with E-state index in [9.17, 15) is 4.39 Å². The molecule has 0 bridgehead atoms. The number of rotatable bonds is 2. The Morgan fingerprint density at radius 3 is 2.58 bits per heavy atom. The van der Waals surface area contributed by atoms with Gasteiger partial charge in [0, 0.05) is 51.7 Å². The first-order valence-electron chi connectivity index (χ1n) is 8.08. The van der Waals surface area contributed by atoms with Crippen LogP contribution in [0.4, 0.5) is 10.1 Å². The first-order valence-corrected chi connectivity index (χ1v) is 8.88. The Hall–Kier alpha value is -2.67. The number of fused-ring (bicyclic) bond motifs is 1. The van der Waals surface area contributed by atoms with Crippen LogP contribution in [0.5, 0.6) is 0 Å². The van der Waals surface area contributed by atoms with Gasteiger partial charge in [-0.2, -0.15) is 5.10 Å². The van der Waals surface area contributed by atoms with Crippen LogP contribution in [0.15, 0.2) is 35.2 Å². The maximum atomic E-state index is 14.4. The van der Waals surface area contributed by atoms with Gasteiger partial charge >= 0.3 is 0 Å². The minimum atomic E-state index is -0.327. The van der Waals surface area contributed by atoms with Crippen LogP contribution in [0.25, 0.3) is 33.4 Å². The molecule has 4 aromatic rings. The van der Waals surface area contributed by atoms with Crippen LogP contribution in [0.1, 0.15) is 11.1 Å². The van der Waals surface area contributed by atoms with Gasteiger partial charge in [0.2, 0.25) is 0 Å². The Bertz CT molecular complexity index is 1140. The van der Waals surface area contributed by atoms with Crippen LogP contribution >= 0.6 is 15.9 Å². The number of nitrogens with zero attached hydrogens (tertiary/aromatic N) is 3. The number of nitrogen functional groups attached to an aromatic ring is 1. The van der Waals surface area contributed by atoms with E-state index in [1.54, 1.807) is 30.1 Å². The monoisotopic (exact) mass is 413 g/mol. The summed E-state index contributed by atoms with van der Waals surface area (Å²) in [5, 5.41) is 5.19. The quantitative estimate of drug-likeness (QED) is 0.466. The van der Waals surface area contributed by atoms with E-state index >= 15 is 0 Å². The van der Waals surface area contributed by atoms with Crippen molar-refractivity contribution in [3.8, 4) is 22.4 Å². The van der Waals surface area contributed by atoms with Crippen LogP contribution in [0.3, 0.4) is 0 Å². The average Bonchev–Trinajstić information content (AvgIpc) is 3.19. The van der Waals surface area contributed by atoms with E-state index in [-0.39, 0.29) is 5.82 Å². The summed E-state index contributed by atoms with van der Waals surface area (Å²) in [5.41, 5.74) is 12.0. The van der Waals surface area contributed by atoms with Crippen molar-refractivity contribution >= 4 is 32.7 Å². The Kier molecular flexibility index (Phi) is 3.84. The van der Waals surface area contributed by atoms with Gasteiger partial charge in [0.15, 0.2) is 0 Å². The van der Waals surface area contributed by atoms with Gasteiger partial charge in [-0.3, -0.25) is 4.68 Å². The normalized spacial score (nSPS) is 11.4. The van der Waals surface area contributed by atoms with Crippen molar-refractivity contribution in [1.82, 2.24) is 19.7 Å². The predicted octanol–water partition coefficient (Wildman–Crippen LogP) is 4.73. The Morgan fingerprint density at radius 1 is 1.15 bits per heavy atom. The molecule has 4 rings (SSSR count). The molecule has 0 radical (unpaired) electrons. The molecule has 26 heavy (non-hydrogen) atoms. The zero-order valence-corrected chi connectivity index (χ0v) is 16.1. The number of halogens is 2. The second-order valence-electron chi connectivity index (χ2n) is 6.40. The van der Waals surface area contributed by atoms with Crippen LogP contribution in [-0.2, 0) is 7.05 Å². The molecule has 0 atom stereocenters. The summed E-state index contributed by atoms with van der Waals surface area (Å²) in [4.78, 5) is 7.85. The maximum absolute atomic E-state index is 14.4. The Balaban J connectivity index is 2.13. The molecule has 7 heteroatoms. The zero-order valence-electron chi connectivity index (χ0n) is 14.6. The van der Waals surface area contributed by atoms with Crippen molar-refractivity contribution in [1.29, 1.82) is 0 Å². The number of H-pyrrole nitrogens is 1. The molecule has 3 N–H and O–H groups in total. The number of aryl methyl sites for hydroxylation is 2. The van der Waals surface area contributed by atoms with Crippen molar-refractivity contribution < 1.29 is 4.39 Å². The van der Waals surface area contributed by atoms with Crippen molar-refractivity contribution in [2.45, 2.75) is 13.8 Å². The van der Waals surface area contributed by atoms with Gasteiger partial charge < -0.3 is 10.7 Å². The van der Waals surface area contributed by atoms with Crippen LogP contribution in [0, 0.1) is 19.7 Å². The molecule has 0 aliphatic rings. The third-order valence-electron chi connectivity index (χ3n) is 4.69. The standard InChI is InChI=1S/C19H17BrFN5/c1-9-13(20)7-23-19-16(9)17(11-4-14(21)10(2)15(22)5-11)18(25-19)12-6-24-26(3)8-12/h4-8H,22H2,1-3H3,(H,23,25). The molecule has 0 aliphatic heterocycles. The van der Waals surface area contributed by atoms with Gasteiger partial charge in [0.05, 0.1) is 11.9 Å². The van der Waals surface area contributed by atoms with Gasteiger partial charge in [0.1, 0.15) is 11.5 Å². The molecule has 0 aliphatic carbocycles. The van der Waals surface area contributed by atoms with Crippen molar-refractivity contribution in [2.24, 2.45) is 7.05 Å². The van der Waals surface area contributed by atoms with Crippen molar-refractivity contribution in [3.05, 3.63) is 52.1 Å². The van der Waals surface area contributed by atoms with Crippen LogP contribution in [0.2, 0.25) is 0 Å². The van der Waals surface area contributed by atoms with E-state index in [2.05, 4.69) is 31.0 Å². The molecule has 5 nitrogen and oxygen atoms in total. The summed E-state index contributed by atoms with van der Waals surface area (Å²) < 4.78 is 17.0. The average molecular weight is 414 g/mol. The Morgan fingerprint density at radius 2 is 1.92 bits per heavy atom. The minimum absolute atomic E-state index is 0.327. The van der Waals surface area contributed by atoms with Crippen LogP contribution < -0.4 is 5.73 Å². The fourth-order valence-electron chi connectivity index (χ4n) is 3.19. The van der Waals surface area contributed by atoms with E-state index < -0.39 is 0 Å². The molecule has 132 valence electrons. The van der Waals surface area contributed by atoms with Gasteiger partial charge in [-0.1, -0.05) is 0 Å². The Labute approximate surface area is 158 Å². The predicted molar refractivity (Wildman–Crippen MR) is 105 cm³/mol. The fraction of sp³-hybridized carbons (Fsp3) is 0.158. The highest BCUT2D eigenvalue weighted by Crippen LogP contribution is 2.41. The molecule has 0 fully saturated rings. The molecule has 3 aromatic heterocycles. The second-order valence-corrected chi connectivity index (χ2v) is 7.26. The summed E-state index contributed by atoms with van der Waals surface area (Å²) in [6, 6.07) is 3.33. The highest BCUT2D eigenvalue weighted by atomic mass is 79.9. The van der Waals surface area contributed by atoms with Crippen molar-refractivity contribution in [2.75, 3.05) is 5.73 Å². The summed E-state index contributed by atoms with van der Waals surface area (Å²) in [5.74, 6) is -0.327. The summed E-state index contributed by atoms with van der Waals surface area (Å²) >= 11 is 3.54. The largest absolute Gasteiger partial charge is 0.398 e. The third kappa shape index (κ3) is 2.50. The molecule has 0 spiro atoms. The number of aromatic nitrogens is 4. The summed E-state index contributed by atoms with van der Waals surface area (Å²) in [6.07, 6.45) is 5.44. The fourth-order valence-corrected chi connectivity index (χ4v) is 3.49. The highest BCUT2D eigenvalue weighted by molar-refractivity contribution is 9.10. The molecule has 3 heterocycles. The number of aromatic amines is 1. The lowest BCUT2D eigenvalue weighted by molar-refractivity contribution is 0.620. The van der Waals surface area contributed by atoms with E-state index in [1.807, 2.05) is 20.2 Å². The molecule has 0 unspecified atom stereocenters. The lowest BCUT2D eigenvalue weighted by Crippen LogP contribution is -1.95. The van der Waals surface area contributed by atoms with E-state index in [0.29, 0.717) is 16.8 Å².